The van der Waals surface area contributed by atoms with E-state index in [0.29, 0.717) is 25.7 Å². The second kappa shape index (κ2) is 10.3. The molecule has 0 aromatic carbocycles. The predicted octanol–water partition coefficient (Wildman–Crippen LogP) is 3.34. The van der Waals surface area contributed by atoms with Crippen LogP contribution < -0.4 is 0 Å². The highest BCUT2D eigenvalue weighted by atomic mass is 16.4. The van der Waals surface area contributed by atoms with E-state index in [1.807, 2.05) is 6.92 Å². The van der Waals surface area contributed by atoms with Gasteiger partial charge in [-0.1, -0.05) is 40.5 Å². The molecule has 0 saturated carbocycles. The van der Waals surface area contributed by atoms with Crippen molar-refractivity contribution in [2.75, 3.05) is 0 Å². The molecule has 0 heterocycles. The molecule has 0 amide bonds. The van der Waals surface area contributed by atoms with Crippen molar-refractivity contribution in [2.45, 2.75) is 72.6 Å². The highest BCUT2D eigenvalue weighted by Crippen LogP contribution is 2.55. The van der Waals surface area contributed by atoms with Gasteiger partial charge < -0.3 is 20.4 Å². The van der Waals surface area contributed by atoms with Gasteiger partial charge in [-0.2, -0.15) is 0 Å². The average molecular weight is 388 g/mol. The standard InChI is InChI=1S/C19H32O8/c1-5-12(10-9-11-13(14(20)21)15(22)23)18(6-2,7-3)19(8-4,16(24)25)17(26)27/h12-13H,5-11H2,1-4H3,(H,20,21)(H,22,23)(H,24,25)(H,26,27). The molecule has 0 radical (unpaired) electrons. The Kier molecular flexibility index (Phi) is 9.47. The molecule has 1 unspecified atom stereocenters. The molecule has 0 fully saturated rings. The summed E-state index contributed by atoms with van der Waals surface area (Å²) in [6, 6.07) is 0. The summed E-state index contributed by atoms with van der Waals surface area (Å²) in [7, 11) is 0. The van der Waals surface area contributed by atoms with Crippen LogP contribution in [-0.2, 0) is 19.2 Å². The molecule has 0 aromatic heterocycles. The summed E-state index contributed by atoms with van der Waals surface area (Å²) in [4.78, 5) is 46.3. The van der Waals surface area contributed by atoms with E-state index in [2.05, 4.69) is 0 Å². The van der Waals surface area contributed by atoms with Crippen LogP contribution in [0, 0.1) is 22.7 Å². The van der Waals surface area contributed by atoms with Crippen molar-refractivity contribution >= 4 is 23.9 Å². The van der Waals surface area contributed by atoms with Crippen molar-refractivity contribution in [3.63, 3.8) is 0 Å². The molecule has 27 heavy (non-hydrogen) atoms. The average Bonchev–Trinajstić information content (AvgIpc) is 2.59. The topological polar surface area (TPSA) is 149 Å². The summed E-state index contributed by atoms with van der Waals surface area (Å²) in [5.41, 5.74) is -2.97. The Hall–Kier alpha value is -2.12. The Labute approximate surface area is 159 Å². The summed E-state index contributed by atoms with van der Waals surface area (Å²) < 4.78 is 0. The van der Waals surface area contributed by atoms with E-state index in [9.17, 15) is 29.4 Å². The molecule has 0 aliphatic rings. The Morgan fingerprint density at radius 3 is 1.44 bits per heavy atom. The first-order chi connectivity index (χ1) is 12.5. The van der Waals surface area contributed by atoms with E-state index < -0.39 is 40.6 Å². The van der Waals surface area contributed by atoms with Crippen LogP contribution in [-0.4, -0.2) is 44.3 Å². The van der Waals surface area contributed by atoms with Gasteiger partial charge in [0.05, 0.1) is 0 Å². The third kappa shape index (κ3) is 4.59. The van der Waals surface area contributed by atoms with E-state index >= 15 is 0 Å². The highest BCUT2D eigenvalue weighted by Gasteiger charge is 2.61. The first kappa shape index (κ1) is 24.9. The molecule has 156 valence electrons. The van der Waals surface area contributed by atoms with Gasteiger partial charge in [0.2, 0.25) is 0 Å². The van der Waals surface area contributed by atoms with Crippen LogP contribution in [0.25, 0.3) is 0 Å². The summed E-state index contributed by atoms with van der Waals surface area (Å²) in [5.74, 6) is -7.36. The van der Waals surface area contributed by atoms with Crippen molar-refractivity contribution in [3.8, 4) is 0 Å². The summed E-state index contributed by atoms with van der Waals surface area (Å²) in [6.07, 6.45) is 1.70. The van der Waals surface area contributed by atoms with Gasteiger partial charge in [-0.3, -0.25) is 19.2 Å². The highest BCUT2D eigenvalue weighted by molar-refractivity contribution is 5.99. The lowest BCUT2D eigenvalue weighted by atomic mass is 9.52. The Bertz CT molecular complexity index is 522. The number of hydrogen-bond acceptors (Lipinski definition) is 4. The lowest BCUT2D eigenvalue weighted by Gasteiger charge is -2.49. The zero-order chi connectivity index (χ0) is 21.4. The molecule has 8 nitrogen and oxygen atoms in total. The van der Waals surface area contributed by atoms with Gasteiger partial charge in [0.15, 0.2) is 11.3 Å². The number of aliphatic carboxylic acids is 4. The largest absolute Gasteiger partial charge is 0.481 e. The quantitative estimate of drug-likeness (QED) is 0.331. The van der Waals surface area contributed by atoms with Gasteiger partial charge >= 0.3 is 23.9 Å². The maximum atomic E-state index is 12.1. The van der Waals surface area contributed by atoms with Gasteiger partial charge in [-0.25, -0.2) is 0 Å². The molecule has 1 atom stereocenters. The minimum absolute atomic E-state index is 0.0667. The fourth-order valence-electron chi connectivity index (χ4n) is 4.74. The van der Waals surface area contributed by atoms with Crippen molar-refractivity contribution in [1.82, 2.24) is 0 Å². The minimum Gasteiger partial charge on any atom is -0.481 e. The molecule has 0 spiro atoms. The lowest BCUT2D eigenvalue weighted by Crippen LogP contribution is -2.56. The maximum absolute atomic E-state index is 12.1. The molecular weight excluding hydrogens is 356 g/mol. The van der Waals surface area contributed by atoms with Gasteiger partial charge in [0, 0.05) is 0 Å². The van der Waals surface area contributed by atoms with Crippen LogP contribution in [0.2, 0.25) is 0 Å². The summed E-state index contributed by atoms with van der Waals surface area (Å²) in [5, 5.41) is 37.7. The molecule has 0 bridgehead atoms. The molecule has 8 heteroatoms. The van der Waals surface area contributed by atoms with Crippen molar-refractivity contribution < 1.29 is 39.6 Å². The Morgan fingerprint density at radius 2 is 1.19 bits per heavy atom. The third-order valence-corrected chi connectivity index (χ3v) is 6.29. The van der Waals surface area contributed by atoms with Crippen LogP contribution in [0.3, 0.4) is 0 Å². The molecule has 0 aliphatic heterocycles. The zero-order valence-corrected chi connectivity index (χ0v) is 16.5. The van der Waals surface area contributed by atoms with E-state index in [4.69, 9.17) is 10.2 Å². The lowest BCUT2D eigenvalue weighted by molar-refractivity contribution is -0.183. The van der Waals surface area contributed by atoms with Gasteiger partial charge in [-0.05, 0) is 43.4 Å². The second-order valence-electron chi connectivity index (χ2n) is 7.00. The molecule has 0 rings (SSSR count). The fraction of sp³-hybridized carbons (Fsp3) is 0.789. The van der Waals surface area contributed by atoms with Crippen LogP contribution in [0.5, 0.6) is 0 Å². The number of rotatable bonds is 14. The molecule has 0 saturated heterocycles. The second-order valence-corrected chi connectivity index (χ2v) is 7.00. The number of carboxylic acids is 4. The normalized spacial score (nSPS) is 13.4. The third-order valence-electron chi connectivity index (χ3n) is 6.29. The van der Waals surface area contributed by atoms with Crippen molar-refractivity contribution in [3.05, 3.63) is 0 Å². The maximum Gasteiger partial charge on any atom is 0.321 e. The van der Waals surface area contributed by atoms with Gasteiger partial charge in [-0.15, -0.1) is 0 Å². The van der Waals surface area contributed by atoms with E-state index in [-0.39, 0.29) is 25.2 Å². The van der Waals surface area contributed by atoms with Gasteiger partial charge in [0.1, 0.15) is 0 Å². The van der Waals surface area contributed by atoms with Crippen molar-refractivity contribution in [1.29, 1.82) is 0 Å². The SMILES string of the molecule is CCC(CCCC(C(=O)O)C(=O)O)C(CC)(CC)C(CC)(C(=O)O)C(=O)O. The number of hydrogen-bond donors (Lipinski definition) is 4. The zero-order valence-electron chi connectivity index (χ0n) is 16.5. The Morgan fingerprint density at radius 1 is 0.741 bits per heavy atom. The molecular formula is C19H32O8. The number of carboxylic acid groups (broad SMARTS) is 4. The summed E-state index contributed by atoms with van der Waals surface area (Å²) >= 11 is 0. The van der Waals surface area contributed by atoms with E-state index in [0.717, 1.165) is 0 Å². The number of carbonyl (C=O) groups is 4. The van der Waals surface area contributed by atoms with Crippen LogP contribution in [0.15, 0.2) is 0 Å². The van der Waals surface area contributed by atoms with Crippen molar-refractivity contribution in [2.24, 2.45) is 22.7 Å². The smallest absolute Gasteiger partial charge is 0.321 e. The molecule has 0 aliphatic carbocycles. The first-order valence-electron chi connectivity index (χ1n) is 9.44. The first-order valence-corrected chi connectivity index (χ1v) is 9.44. The van der Waals surface area contributed by atoms with Crippen LogP contribution in [0.1, 0.15) is 72.6 Å². The van der Waals surface area contributed by atoms with E-state index in [1.54, 1.807) is 20.8 Å². The van der Waals surface area contributed by atoms with Gasteiger partial charge in [0.25, 0.3) is 0 Å². The van der Waals surface area contributed by atoms with Crippen LogP contribution >= 0.6 is 0 Å². The van der Waals surface area contributed by atoms with E-state index in [1.165, 1.54) is 0 Å². The fourth-order valence-corrected chi connectivity index (χ4v) is 4.74. The monoisotopic (exact) mass is 388 g/mol. The molecule has 0 aromatic rings. The molecule has 4 N–H and O–H groups in total. The minimum atomic E-state index is -1.95. The summed E-state index contributed by atoms with van der Waals surface area (Å²) in [6.45, 7) is 6.96. The Balaban J connectivity index is 5.86. The predicted molar refractivity (Wildman–Crippen MR) is 97.4 cm³/mol. The van der Waals surface area contributed by atoms with Crippen LogP contribution in [0.4, 0.5) is 0 Å².